The molecule has 1 amide bonds. The van der Waals surface area contributed by atoms with E-state index in [4.69, 9.17) is 0 Å². The topological polar surface area (TPSA) is 29.1 Å². The van der Waals surface area contributed by atoms with Gasteiger partial charge in [-0.2, -0.15) is 0 Å². The predicted molar refractivity (Wildman–Crippen MR) is 117 cm³/mol. The van der Waals surface area contributed by atoms with Crippen molar-refractivity contribution in [3.8, 4) is 0 Å². The molecule has 0 aliphatic heterocycles. The highest BCUT2D eigenvalue weighted by Gasteiger charge is 2.27. The summed E-state index contributed by atoms with van der Waals surface area (Å²) in [6, 6.07) is 19.6. The molecule has 2 nitrogen and oxygen atoms in total. The summed E-state index contributed by atoms with van der Waals surface area (Å²) in [7, 11) is 0. The van der Waals surface area contributed by atoms with E-state index in [0.717, 1.165) is 25.7 Å². The molecule has 0 heterocycles. The standard InChI is InChI=1S/C26H35NO/c1-3-4-6-9-21-12-14-23(15-13-21)24-16-18-25(19-17-24)26(28)27-20(2)22-10-7-5-8-11-22/h5,7-8,10-15,20,24-25H,3-4,6,9,16-19H2,1-2H3,(H,27,28)/t20-,24?,25?/m1/s1. The maximum Gasteiger partial charge on any atom is 0.223 e. The molecule has 2 aromatic carbocycles. The summed E-state index contributed by atoms with van der Waals surface area (Å²) in [6.45, 7) is 4.32. The summed E-state index contributed by atoms with van der Waals surface area (Å²) < 4.78 is 0. The first-order valence-electron chi connectivity index (χ1n) is 11.1. The van der Waals surface area contributed by atoms with Crippen LogP contribution in [0.3, 0.4) is 0 Å². The average molecular weight is 378 g/mol. The lowest BCUT2D eigenvalue weighted by molar-refractivity contribution is -0.126. The normalized spacial score (nSPS) is 20.5. The van der Waals surface area contributed by atoms with Gasteiger partial charge in [-0.1, -0.05) is 74.4 Å². The smallest absolute Gasteiger partial charge is 0.223 e. The number of hydrogen-bond donors (Lipinski definition) is 1. The van der Waals surface area contributed by atoms with E-state index in [9.17, 15) is 4.79 Å². The first-order valence-corrected chi connectivity index (χ1v) is 11.1. The van der Waals surface area contributed by atoms with Crippen LogP contribution >= 0.6 is 0 Å². The van der Waals surface area contributed by atoms with Crippen LogP contribution in [-0.2, 0) is 11.2 Å². The van der Waals surface area contributed by atoms with E-state index in [1.807, 2.05) is 18.2 Å². The van der Waals surface area contributed by atoms with Crippen molar-refractivity contribution in [1.82, 2.24) is 5.32 Å². The Morgan fingerprint density at radius 1 is 0.964 bits per heavy atom. The highest BCUT2D eigenvalue weighted by molar-refractivity contribution is 5.79. The summed E-state index contributed by atoms with van der Waals surface area (Å²) in [6.07, 6.45) is 9.31. The van der Waals surface area contributed by atoms with Crippen LogP contribution in [0.2, 0.25) is 0 Å². The quantitative estimate of drug-likeness (QED) is 0.518. The molecule has 0 unspecified atom stereocenters. The summed E-state index contributed by atoms with van der Waals surface area (Å²) in [5.74, 6) is 0.997. The molecule has 0 spiro atoms. The minimum Gasteiger partial charge on any atom is -0.349 e. The molecule has 150 valence electrons. The van der Waals surface area contributed by atoms with Gasteiger partial charge in [0, 0.05) is 5.92 Å². The number of rotatable bonds is 8. The molecule has 1 aliphatic rings. The van der Waals surface area contributed by atoms with Crippen molar-refractivity contribution < 1.29 is 4.79 Å². The molecule has 1 fully saturated rings. The fourth-order valence-corrected chi connectivity index (χ4v) is 4.38. The molecule has 0 saturated heterocycles. The van der Waals surface area contributed by atoms with E-state index in [1.54, 1.807) is 0 Å². The summed E-state index contributed by atoms with van der Waals surface area (Å²) in [5, 5.41) is 3.21. The molecular formula is C26H35NO. The first kappa shape index (κ1) is 20.6. The number of hydrogen-bond acceptors (Lipinski definition) is 1. The molecular weight excluding hydrogens is 342 g/mol. The van der Waals surface area contributed by atoms with Crippen LogP contribution in [0, 0.1) is 5.92 Å². The van der Waals surface area contributed by atoms with Crippen LogP contribution in [0.5, 0.6) is 0 Å². The zero-order valence-corrected chi connectivity index (χ0v) is 17.5. The largest absolute Gasteiger partial charge is 0.349 e. The van der Waals surface area contributed by atoms with Gasteiger partial charge in [-0.3, -0.25) is 4.79 Å². The molecule has 0 aromatic heterocycles. The summed E-state index contributed by atoms with van der Waals surface area (Å²) in [5.41, 5.74) is 4.08. The second-order valence-electron chi connectivity index (χ2n) is 8.39. The molecule has 0 radical (unpaired) electrons. The fourth-order valence-electron chi connectivity index (χ4n) is 4.38. The van der Waals surface area contributed by atoms with Gasteiger partial charge in [0.05, 0.1) is 6.04 Å². The molecule has 3 rings (SSSR count). The molecule has 1 N–H and O–H groups in total. The van der Waals surface area contributed by atoms with E-state index < -0.39 is 0 Å². The Kier molecular flexibility index (Phi) is 7.71. The number of carbonyl (C=O) groups excluding carboxylic acids is 1. The third-order valence-electron chi connectivity index (χ3n) is 6.28. The predicted octanol–water partition coefficient (Wildman–Crippen LogP) is 6.57. The zero-order chi connectivity index (χ0) is 19.8. The van der Waals surface area contributed by atoms with Crippen molar-refractivity contribution in [3.05, 3.63) is 71.3 Å². The van der Waals surface area contributed by atoms with Crippen LogP contribution in [0.1, 0.15) is 87.4 Å². The third kappa shape index (κ3) is 5.70. The molecule has 1 aliphatic carbocycles. The number of unbranched alkanes of at least 4 members (excludes halogenated alkanes) is 2. The van der Waals surface area contributed by atoms with E-state index in [1.165, 1.54) is 42.4 Å². The minimum absolute atomic E-state index is 0.0756. The van der Waals surface area contributed by atoms with Crippen LogP contribution in [-0.4, -0.2) is 5.91 Å². The molecule has 1 saturated carbocycles. The molecule has 0 bridgehead atoms. The van der Waals surface area contributed by atoms with Gasteiger partial charge in [-0.25, -0.2) is 0 Å². The lowest BCUT2D eigenvalue weighted by Gasteiger charge is -2.29. The monoisotopic (exact) mass is 377 g/mol. The summed E-state index contributed by atoms with van der Waals surface area (Å²) >= 11 is 0. The molecule has 2 heteroatoms. The molecule has 2 aromatic rings. The Bertz CT molecular complexity index is 714. The number of nitrogens with one attached hydrogen (secondary N) is 1. The van der Waals surface area contributed by atoms with E-state index in [0.29, 0.717) is 5.92 Å². The van der Waals surface area contributed by atoms with E-state index >= 15 is 0 Å². The van der Waals surface area contributed by atoms with Gasteiger partial charge in [0.25, 0.3) is 0 Å². The Morgan fingerprint density at radius 3 is 2.29 bits per heavy atom. The van der Waals surface area contributed by atoms with Crippen molar-refractivity contribution in [3.63, 3.8) is 0 Å². The Morgan fingerprint density at radius 2 is 1.64 bits per heavy atom. The van der Waals surface area contributed by atoms with Crippen LogP contribution in [0.4, 0.5) is 0 Å². The third-order valence-corrected chi connectivity index (χ3v) is 6.28. The fraction of sp³-hybridized carbons (Fsp3) is 0.500. The second-order valence-corrected chi connectivity index (χ2v) is 8.39. The number of carbonyl (C=O) groups is 1. The SMILES string of the molecule is CCCCCc1ccc(C2CCC(C(=O)N[C@H](C)c3ccccc3)CC2)cc1. The first-order chi connectivity index (χ1) is 13.7. The number of amides is 1. The highest BCUT2D eigenvalue weighted by atomic mass is 16.1. The lowest BCUT2D eigenvalue weighted by Crippen LogP contribution is -2.34. The zero-order valence-electron chi connectivity index (χ0n) is 17.5. The minimum atomic E-state index is 0.0756. The van der Waals surface area contributed by atoms with Crippen molar-refractivity contribution in [2.45, 2.75) is 77.2 Å². The highest BCUT2D eigenvalue weighted by Crippen LogP contribution is 2.36. The van der Waals surface area contributed by atoms with E-state index in [-0.39, 0.29) is 17.9 Å². The lowest BCUT2D eigenvalue weighted by atomic mass is 9.78. The Hall–Kier alpha value is -2.09. The number of benzene rings is 2. The van der Waals surface area contributed by atoms with Gasteiger partial charge < -0.3 is 5.32 Å². The molecule has 1 atom stereocenters. The van der Waals surface area contributed by atoms with Crippen molar-refractivity contribution in [1.29, 1.82) is 0 Å². The van der Waals surface area contributed by atoms with Gasteiger partial charge in [0.2, 0.25) is 5.91 Å². The van der Waals surface area contributed by atoms with Gasteiger partial charge >= 0.3 is 0 Å². The van der Waals surface area contributed by atoms with E-state index in [2.05, 4.69) is 55.6 Å². The van der Waals surface area contributed by atoms with Gasteiger partial charge in [0.1, 0.15) is 0 Å². The summed E-state index contributed by atoms with van der Waals surface area (Å²) in [4.78, 5) is 12.7. The average Bonchev–Trinajstić information content (AvgIpc) is 2.75. The number of aryl methyl sites for hydroxylation is 1. The van der Waals surface area contributed by atoms with Crippen molar-refractivity contribution in [2.75, 3.05) is 0 Å². The van der Waals surface area contributed by atoms with Crippen LogP contribution in [0.15, 0.2) is 54.6 Å². The van der Waals surface area contributed by atoms with Crippen LogP contribution < -0.4 is 5.32 Å². The molecule has 28 heavy (non-hydrogen) atoms. The van der Waals surface area contributed by atoms with Crippen molar-refractivity contribution in [2.24, 2.45) is 5.92 Å². The van der Waals surface area contributed by atoms with Crippen LogP contribution in [0.25, 0.3) is 0 Å². The second kappa shape index (κ2) is 10.5. The maximum atomic E-state index is 12.7. The van der Waals surface area contributed by atoms with Crippen molar-refractivity contribution >= 4 is 5.91 Å². The Labute approximate surface area is 170 Å². The van der Waals surface area contributed by atoms with Gasteiger partial charge in [-0.05, 0) is 68.1 Å². The maximum absolute atomic E-state index is 12.7. The van der Waals surface area contributed by atoms with Gasteiger partial charge in [0.15, 0.2) is 0 Å². The Balaban J connectivity index is 1.46. The van der Waals surface area contributed by atoms with Gasteiger partial charge in [-0.15, -0.1) is 0 Å².